The Morgan fingerprint density at radius 3 is 2.41 bits per heavy atom. The van der Waals surface area contributed by atoms with Crippen LogP contribution in [-0.4, -0.2) is 0 Å². The monoisotopic (exact) mass is 343 g/mol. The van der Waals surface area contributed by atoms with E-state index in [1.165, 1.54) is 16.7 Å². The topological polar surface area (TPSA) is 23.8 Å². The largest absolute Gasteiger partial charge is 0.417 e. The molecule has 22 heavy (non-hydrogen) atoms. The predicted octanol–water partition coefficient (Wildman–Crippen LogP) is 6.17. The van der Waals surface area contributed by atoms with E-state index in [-0.39, 0.29) is 11.8 Å². The Morgan fingerprint density at radius 2 is 1.91 bits per heavy atom. The molecule has 0 radical (unpaired) electrons. The van der Waals surface area contributed by atoms with Gasteiger partial charge in [-0.05, 0) is 35.8 Å². The van der Waals surface area contributed by atoms with Gasteiger partial charge in [0.25, 0.3) is 0 Å². The number of hydrogen-bond donors (Lipinski definition) is 0. The van der Waals surface area contributed by atoms with Crippen LogP contribution < -0.4 is 0 Å². The van der Waals surface area contributed by atoms with Crippen LogP contribution in [-0.2, 0) is 12.6 Å². The molecule has 0 bridgehead atoms. The van der Waals surface area contributed by atoms with Gasteiger partial charge in [0.05, 0.1) is 11.1 Å². The fourth-order valence-electron chi connectivity index (χ4n) is 2.41. The van der Waals surface area contributed by atoms with Crippen LogP contribution in [0.2, 0.25) is 0 Å². The van der Waals surface area contributed by atoms with E-state index in [2.05, 4.69) is 6.07 Å². The molecule has 0 aliphatic carbocycles. The van der Waals surface area contributed by atoms with E-state index in [0.717, 1.165) is 27.2 Å². The molecular weight excluding hydrogens is 327 g/mol. The Labute approximate surface area is 136 Å². The van der Waals surface area contributed by atoms with Gasteiger partial charge >= 0.3 is 6.18 Å². The van der Waals surface area contributed by atoms with Crippen LogP contribution >= 0.6 is 22.7 Å². The minimum Gasteiger partial charge on any atom is -0.192 e. The molecule has 1 nitrogen and oxygen atoms in total. The second kappa shape index (κ2) is 6.43. The molecule has 2 rings (SSSR count). The van der Waals surface area contributed by atoms with Gasteiger partial charge in [-0.3, -0.25) is 0 Å². The van der Waals surface area contributed by atoms with Crippen LogP contribution in [0.3, 0.4) is 0 Å². The lowest BCUT2D eigenvalue weighted by atomic mass is 10.0. The van der Waals surface area contributed by atoms with Gasteiger partial charge in [0.1, 0.15) is 6.07 Å². The molecule has 2 aromatic heterocycles. The van der Waals surface area contributed by atoms with Gasteiger partial charge in [-0.2, -0.15) is 18.4 Å². The summed E-state index contributed by atoms with van der Waals surface area (Å²) in [5.74, 6) is 0.0259. The highest BCUT2D eigenvalue weighted by Crippen LogP contribution is 2.40. The number of hydrogen-bond acceptors (Lipinski definition) is 3. The van der Waals surface area contributed by atoms with Gasteiger partial charge in [-0.25, -0.2) is 0 Å². The third-order valence-electron chi connectivity index (χ3n) is 3.41. The molecule has 0 aromatic carbocycles. The Hall–Kier alpha value is -1.32. The van der Waals surface area contributed by atoms with Gasteiger partial charge in [-0.15, -0.1) is 22.7 Å². The highest BCUT2D eigenvalue weighted by atomic mass is 32.1. The fraction of sp³-hybridized carbons (Fsp3) is 0.438. The van der Waals surface area contributed by atoms with Crippen molar-refractivity contribution in [2.24, 2.45) is 0 Å². The zero-order valence-electron chi connectivity index (χ0n) is 12.5. The zero-order valence-corrected chi connectivity index (χ0v) is 14.1. The molecule has 0 spiro atoms. The van der Waals surface area contributed by atoms with E-state index in [4.69, 9.17) is 5.26 Å². The SMILES string of the molecule is CC(C)c1sc(CC(C)c2sccc2C(F)(F)F)cc1C#N. The van der Waals surface area contributed by atoms with Crippen molar-refractivity contribution in [2.45, 2.75) is 45.2 Å². The van der Waals surface area contributed by atoms with Crippen molar-refractivity contribution in [1.29, 1.82) is 5.26 Å². The van der Waals surface area contributed by atoms with Crippen LogP contribution in [0.4, 0.5) is 13.2 Å². The Kier molecular flexibility index (Phi) is 4.98. The second-order valence-corrected chi connectivity index (χ2v) is 7.67. The molecule has 1 unspecified atom stereocenters. The summed E-state index contributed by atoms with van der Waals surface area (Å²) < 4.78 is 38.9. The Morgan fingerprint density at radius 1 is 1.23 bits per heavy atom. The lowest BCUT2D eigenvalue weighted by molar-refractivity contribution is -0.138. The number of nitriles is 1. The normalized spacial score (nSPS) is 13.4. The molecule has 0 N–H and O–H groups in total. The highest BCUT2D eigenvalue weighted by Gasteiger charge is 2.35. The first-order chi connectivity index (χ1) is 10.2. The van der Waals surface area contributed by atoms with Gasteiger partial charge in [0.2, 0.25) is 0 Å². The zero-order chi connectivity index (χ0) is 16.5. The Bertz CT molecular complexity index is 689. The summed E-state index contributed by atoms with van der Waals surface area (Å²) in [6.45, 7) is 5.84. The van der Waals surface area contributed by atoms with Crippen LogP contribution in [0.25, 0.3) is 0 Å². The molecule has 2 heterocycles. The lowest BCUT2D eigenvalue weighted by Crippen LogP contribution is -2.08. The summed E-state index contributed by atoms with van der Waals surface area (Å²) >= 11 is 2.68. The van der Waals surface area contributed by atoms with Crippen LogP contribution in [0, 0.1) is 11.3 Å². The van der Waals surface area contributed by atoms with Crippen molar-refractivity contribution in [3.63, 3.8) is 0 Å². The predicted molar refractivity (Wildman–Crippen MR) is 84.6 cm³/mol. The molecule has 0 aliphatic heterocycles. The first-order valence-electron chi connectivity index (χ1n) is 6.91. The average Bonchev–Trinajstić information content (AvgIpc) is 3.03. The summed E-state index contributed by atoms with van der Waals surface area (Å²) in [5.41, 5.74) is 0.107. The first-order valence-corrected chi connectivity index (χ1v) is 8.61. The number of rotatable bonds is 4. The molecule has 0 fully saturated rings. The molecule has 1 atom stereocenters. The van der Waals surface area contributed by atoms with Crippen molar-refractivity contribution in [3.8, 4) is 6.07 Å². The van der Waals surface area contributed by atoms with Gasteiger partial charge in [0, 0.05) is 14.6 Å². The number of halogens is 3. The average molecular weight is 343 g/mol. The number of alkyl halides is 3. The van der Waals surface area contributed by atoms with E-state index in [1.807, 2.05) is 26.8 Å². The van der Waals surface area contributed by atoms with E-state index in [0.29, 0.717) is 16.9 Å². The summed E-state index contributed by atoms with van der Waals surface area (Å²) in [6.07, 6.45) is -3.78. The molecule has 118 valence electrons. The van der Waals surface area contributed by atoms with Crippen molar-refractivity contribution in [2.75, 3.05) is 0 Å². The molecule has 0 aliphatic rings. The quantitative estimate of drug-likeness (QED) is 0.651. The minimum atomic E-state index is -4.31. The summed E-state index contributed by atoms with van der Waals surface area (Å²) in [4.78, 5) is 2.34. The molecule has 0 saturated heterocycles. The Balaban J connectivity index is 2.25. The van der Waals surface area contributed by atoms with Crippen molar-refractivity contribution < 1.29 is 13.2 Å². The van der Waals surface area contributed by atoms with Gasteiger partial charge < -0.3 is 0 Å². The molecule has 2 aromatic rings. The van der Waals surface area contributed by atoms with Gasteiger partial charge in [0.15, 0.2) is 0 Å². The minimum absolute atomic E-state index is 0.221. The maximum atomic E-state index is 13.0. The maximum absolute atomic E-state index is 13.0. The lowest BCUT2D eigenvalue weighted by Gasteiger charge is -2.13. The molecule has 0 saturated carbocycles. The van der Waals surface area contributed by atoms with Crippen LogP contribution in [0.15, 0.2) is 17.5 Å². The van der Waals surface area contributed by atoms with Crippen molar-refractivity contribution >= 4 is 22.7 Å². The van der Waals surface area contributed by atoms with Crippen molar-refractivity contribution in [1.82, 2.24) is 0 Å². The summed E-state index contributed by atoms with van der Waals surface area (Å²) in [6, 6.07) is 5.13. The molecule has 0 amide bonds. The molecular formula is C16H16F3NS2. The third-order valence-corrected chi connectivity index (χ3v) is 6.02. The number of thiophene rings is 2. The first kappa shape index (κ1) is 17.0. The van der Waals surface area contributed by atoms with Crippen molar-refractivity contribution in [3.05, 3.63) is 43.3 Å². The summed E-state index contributed by atoms with van der Waals surface area (Å²) in [7, 11) is 0. The number of nitrogens with zero attached hydrogens (tertiary/aromatic N) is 1. The second-order valence-electron chi connectivity index (χ2n) is 5.56. The van der Waals surface area contributed by atoms with Crippen LogP contribution in [0.1, 0.15) is 58.4 Å². The van der Waals surface area contributed by atoms with E-state index in [1.54, 1.807) is 0 Å². The standard InChI is InChI=1S/C16H16F3NS2/c1-9(2)14-11(8-20)7-12(22-14)6-10(3)15-13(4-5-21-15)16(17,18)19/h4-5,7,9-10H,6H2,1-3H3. The smallest absolute Gasteiger partial charge is 0.192 e. The van der Waals surface area contributed by atoms with Gasteiger partial charge in [-0.1, -0.05) is 20.8 Å². The third kappa shape index (κ3) is 3.53. The van der Waals surface area contributed by atoms with E-state index in [9.17, 15) is 13.2 Å². The van der Waals surface area contributed by atoms with Crippen LogP contribution in [0.5, 0.6) is 0 Å². The molecule has 6 heteroatoms. The fourth-order valence-corrected chi connectivity index (χ4v) is 4.63. The highest BCUT2D eigenvalue weighted by molar-refractivity contribution is 7.12. The van der Waals surface area contributed by atoms with E-state index >= 15 is 0 Å². The van der Waals surface area contributed by atoms with E-state index < -0.39 is 11.7 Å². The summed E-state index contributed by atoms with van der Waals surface area (Å²) in [5, 5.41) is 10.6. The maximum Gasteiger partial charge on any atom is 0.417 e.